The predicted octanol–water partition coefficient (Wildman–Crippen LogP) is 3.98. The molecule has 1 aromatic carbocycles. The number of benzene rings is 1. The summed E-state index contributed by atoms with van der Waals surface area (Å²) in [5, 5.41) is 1.28. The topological polar surface area (TPSA) is 23.6 Å². The van der Waals surface area contributed by atoms with Crippen LogP contribution in [-0.4, -0.2) is 42.9 Å². The Morgan fingerprint density at radius 1 is 1.39 bits per heavy atom. The number of carbonyl (C=O) groups excluding carboxylic acids is 1. The van der Waals surface area contributed by atoms with Gasteiger partial charge >= 0.3 is 0 Å². The normalized spacial score (nSPS) is 19.1. The van der Waals surface area contributed by atoms with Crippen molar-refractivity contribution in [3.8, 4) is 0 Å². The van der Waals surface area contributed by atoms with Gasteiger partial charge in [-0.1, -0.05) is 18.2 Å². The molecule has 0 unspecified atom stereocenters. The van der Waals surface area contributed by atoms with Crippen LogP contribution in [0.1, 0.15) is 30.6 Å². The number of thiophene rings is 1. The molecule has 23 heavy (non-hydrogen) atoms. The van der Waals surface area contributed by atoms with Crippen molar-refractivity contribution in [2.45, 2.75) is 32.2 Å². The first kappa shape index (κ1) is 16.5. The number of amides is 1. The molecule has 3 rings (SSSR count). The van der Waals surface area contributed by atoms with E-state index in [0.29, 0.717) is 12.3 Å². The SMILES string of the molecule is CN1CCC[C@H](CCC(=O)N(C)Cc2cc3ccccc3s2)C1. The Kier molecular flexibility index (Phi) is 5.34. The third-order valence-corrected chi connectivity index (χ3v) is 5.88. The highest BCUT2D eigenvalue weighted by Crippen LogP contribution is 2.26. The molecular weight excluding hydrogens is 304 g/mol. The number of hydrogen-bond donors (Lipinski definition) is 0. The van der Waals surface area contributed by atoms with E-state index in [4.69, 9.17) is 0 Å². The van der Waals surface area contributed by atoms with Crippen molar-refractivity contribution in [1.82, 2.24) is 9.80 Å². The first-order valence-corrected chi connectivity index (χ1v) is 9.33. The lowest BCUT2D eigenvalue weighted by atomic mass is 9.93. The van der Waals surface area contributed by atoms with Crippen molar-refractivity contribution in [2.75, 3.05) is 27.2 Å². The number of piperidine rings is 1. The van der Waals surface area contributed by atoms with E-state index in [1.807, 2.05) is 11.9 Å². The van der Waals surface area contributed by atoms with Crippen LogP contribution in [-0.2, 0) is 11.3 Å². The monoisotopic (exact) mass is 330 g/mol. The van der Waals surface area contributed by atoms with Crippen molar-refractivity contribution in [2.24, 2.45) is 5.92 Å². The average molecular weight is 330 g/mol. The maximum atomic E-state index is 12.4. The van der Waals surface area contributed by atoms with Gasteiger partial charge < -0.3 is 9.80 Å². The molecule has 0 aliphatic carbocycles. The maximum absolute atomic E-state index is 12.4. The molecule has 1 atom stereocenters. The summed E-state index contributed by atoms with van der Waals surface area (Å²) < 4.78 is 1.30. The van der Waals surface area contributed by atoms with Gasteiger partial charge in [-0.25, -0.2) is 0 Å². The summed E-state index contributed by atoms with van der Waals surface area (Å²) in [5.41, 5.74) is 0. The van der Waals surface area contributed by atoms with Gasteiger partial charge in [0, 0.05) is 29.6 Å². The highest BCUT2D eigenvalue weighted by atomic mass is 32.1. The molecule has 1 aliphatic heterocycles. The van der Waals surface area contributed by atoms with E-state index in [2.05, 4.69) is 42.3 Å². The zero-order valence-corrected chi connectivity index (χ0v) is 14.9. The molecule has 2 aromatic rings. The maximum Gasteiger partial charge on any atom is 0.222 e. The molecule has 0 N–H and O–H groups in total. The summed E-state index contributed by atoms with van der Waals surface area (Å²) in [6, 6.07) is 10.6. The molecule has 1 saturated heterocycles. The third-order valence-electron chi connectivity index (χ3n) is 4.78. The molecule has 1 aliphatic rings. The predicted molar refractivity (Wildman–Crippen MR) is 97.8 cm³/mol. The minimum atomic E-state index is 0.274. The van der Waals surface area contributed by atoms with Crippen molar-refractivity contribution < 1.29 is 4.79 Å². The molecular formula is C19H26N2OS. The molecule has 1 fully saturated rings. The number of carbonyl (C=O) groups is 1. The second-order valence-electron chi connectivity index (χ2n) is 6.81. The van der Waals surface area contributed by atoms with Gasteiger partial charge in [-0.15, -0.1) is 11.3 Å². The van der Waals surface area contributed by atoms with Gasteiger partial charge in [0.15, 0.2) is 0 Å². The van der Waals surface area contributed by atoms with Gasteiger partial charge in [-0.2, -0.15) is 0 Å². The third kappa shape index (κ3) is 4.33. The summed E-state index contributed by atoms with van der Waals surface area (Å²) in [6.45, 7) is 3.08. The van der Waals surface area contributed by atoms with Gasteiger partial charge in [0.1, 0.15) is 0 Å². The number of fused-ring (bicyclic) bond motifs is 1. The zero-order valence-electron chi connectivity index (χ0n) is 14.1. The van der Waals surface area contributed by atoms with Crippen LogP contribution in [0.5, 0.6) is 0 Å². The van der Waals surface area contributed by atoms with Gasteiger partial charge in [0.05, 0.1) is 6.54 Å². The second kappa shape index (κ2) is 7.45. The molecule has 3 nitrogen and oxygen atoms in total. The van der Waals surface area contributed by atoms with E-state index in [1.165, 1.54) is 34.3 Å². The standard InChI is InChI=1S/C19H26N2OS/c1-20-11-5-6-15(13-20)9-10-19(22)21(2)14-17-12-16-7-3-4-8-18(16)23-17/h3-4,7-8,12,15H,5-6,9-11,13-14H2,1-2H3/t15-/m1/s1. The van der Waals surface area contributed by atoms with E-state index in [9.17, 15) is 4.79 Å². The largest absolute Gasteiger partial charge is 0.341 e. The molecule has 1 aromatic heterocycles. The minimum Gasteiger partial charge on any atom is -0.341 e. The summed E-state index contributed by atoms with van der Waals surface area (Å²) in [5.74, 6) is 0.964. The number of rotatable bonds is 5. The fraction of sp³-hybridized carbons (Fsp3) is 0.526. The Hall–Kier alpha value is -1.39. The average Bonchev–Trinajstić information content (AvgIpc) is 2.94. The molecule has 0 spiro atoms. The number of nitrogens with zero attached hydrogens (tertiary/aromatic N) is 2. The first-order chi connectivity index (χ1) is 11.1. The number of hydrogen-bond acceptors (Lipinski definition) is 3. The van der Waals surface area contributed by atoms with E-state index in [-0.39, 0.29) is 5.91 Å². The molecule has 4 heteroatoms. The van der Waals surface area contributed by atoms with E-state index in [0.717, 1.165) is 19.5 Å². The fourth-order valence-electron chi connectivity index (χ4n) is 3.46. The molecule has 0 bridgehead atoms. The lowest BCUT2D eigenvalue weighted by molar-refractivity contribution is -0.130. The van der Waals surface area contributed by atoms with Gasteiger partial charge in [-0.05, 0) is 56.3 Å². The lowest BCUT2D eigenvalue weighted by Gasteiger charge is -2.29. The van der Waals surface area contributed by atoms with E-state index < -0.39 is 0 Å². The van der Waals surface area contributed by atoms with Crippen LogP contribution in [0.2, 0.25) is 0 Å². The van der Waals surface area contributed by atoms with E-state index in [1.54, 1.807) is 11.3 Å². The Morgan fingerprint density at radius 2 is 2.22 bits per heavy atom. The Labute approximate surface area is 142 Å². The quantitative estimate of drug-likeness (QED) is 0.828. The van der Waals surface area contributed by atoms with Crippen LogP contribution in [0.4, 0.5) is 0 Å². The summed E-state index contributed by atoms with van der Waals surface area (Å²) >= 11 is 1.79. The first-order valence-electron chi connectivity index (χ1n) is 8.52. The van der Waals surface area contributed by atoms with E-state index >= 15 is 0 Å². The molecule has 2 heterocycles. The fourth-order valence-corrected chi connectivity index (χ4v) is 4.58. The summed E-state index contributed by atoms with van der Waals surface area (Å²) in [7, 11) is 4.11. The van der Waals surface area contributed by atoms with Crippen LogP contribution in [0.25, 0.3) is 10.1 Å². The van der Waals surface area contributed by atoms with Crippen LogP contribution >= 0.6 is 11.3 Å². The van der Waals surface area contributed by atoms with Crippen molar-refractivity contribution >= 4 is 27.3 Å². The highest BCUT2D eigenvalue weighted by Gasteiger charge is 2.19. The molecule has 124 valence electrons. The van der Waals surface area contributed by atoms with Crippen LogP contribution in [0.15, 0.2) is 30.3 Å². The van der Waals surface area contributed by atoms with Crippen LogP contribution in [0.3, 0.4) is 0 Å². The van der Waals surface area contributed by atoms with Gasteiger partial charge in [0.2, 0.25) is 5.91 Å². The van der Waals surface area contributed by atoms with Crippen LogP contribution in [0, 0.1) is 5.92 Å². The van der Waals surface area contributed by atoms with Gasteiger partial charge in [0.25, 0.3) is 0 Å². The lowest BCUT2D eigenvalue weighted by Crippen LogP contribution is -2.33. The highest BCUT2D eigenvalue weighted by molar-refractivity contribution is 7.19. The van der Waals surface area contributed by atoms with Crippen LogP contribution < -0.4 is 0 Å². The van der Waals surface area contributed by atoms with Crippen molar-refractivity contribution in [3.05, 3.63) is 35.2 Å². The zero-order chi connectivity index (χ0) is 16.2. The van der Waals surface area contributed by atoms with Crippen molar-refractivity contribution in [3.63, 3.8) is 0 Å². The molecule has 0 saturated carbocycles. The Bertz CT molecular complexity index is 633. The Morgan fingerprint density at radius 3 is 3.00 bits per heavy atom. The summed E-state index contributed by atoms with van der Waals surface area (Å²) in [4.78, 5) is 17.9. The molecule has 1 amide bonds. The Balaban J connectivity index is 1.51. The summed E-state index contributed by atoms with van der Waals surface area (Å²) in [6.07, 6.45) is 4.25. The number of likely N-dealkylation sites (tertiary alicyclic amines) is 1. The minimum absolute atomic E-state index is 0.274. The smallest absolute Gasteiger partial charge is 0.222 e. The van der Waals surface area contributed by atoms with Crippen molar-refractivity contribution in [1.29, 1.82) is 0 Å². The van der Waals surface area contributed by atoms with Gasteiger partial charge in [-0.3, -0.25) is 4.79 Å². The molecule has 0 radical (unpaired) electrons. The second-order valence-corrected chi connectivity index (χ2v) is 7.98.